The minimum absolute atomic E-state index is 0.536. The molecule has 1 saturated carbocycles. The zero-order valence-electron chi connectivity index (χ0n) is 7.62. The van der Waals surface area contributed by atoms with E-state index in [1.165, 1.54) is 25.0 Å². The van der Waals surface area contributed by atoms with Gasteiger partial charge in [-0.3, -0.25) is 0 Å². The molecule has 13 heavy (non-hydrogen) atoms. The standard InChI is InChI=1S/C10H14N2O/c1-2-7(3-1)9-6-13-10(12-9)8-4-11-5-8/h6-8,11H,1-5H2. The summed E-state index contributed by atoms with van der Waals surface area (Å²) < 4.78 is 5.47. The van der Waals surface area contributed by atoms with Crippen LogP contribution in [0.3, 0.4) is 0 Å². The molecule has 3 rings (SSSR count). The van der Waals surface area contributed by atoms with Crippen LogP contribution in [0.4, 0.5) is 0 Å². The van der Waals surface area contributed by atoms with E-state index in [-0.39, 0.29) is 0 Å². The van der Waals surface area contributed by atoms with Crippen LogP contribution in [-0.2, 0) is 0 Å². The van der Waals surface area contributed by atoms with E-state index >= 15 is 0 Å². The third-order valence-electron chi connectivity index (χ3n) is 3.19. The van der Waals surface area contributed by atoms with Gasteiger partial charge < -0.3 is 9.73 Å². The summed E-state index contributed by atoms with van der Waals surface area (Å²) in [5.74, 6) is 2.18. The highest BCUT2D eigenvalue weighted by Gasteiger charge is 2.27. The van der Waals surface area contributed by atoms with Gasteiger partial charge in [0.05, 0.1) is 11.6 Å². The summed E-state index contributed by atoms with van der Waals surface area (Å²) in [6.45, 7) is 2.06. The highest BCUT2D eigenvalue weighted by molar-refractivity contribution is 5.11. The van der Waals surface area contributed by atoms with Crippen LogP contribution in [0.25, 0.3) is 0 Å². The maximum Gasteiger partial charge on any atom is 0.199 e. The lowest BCUT2D eigenvalue weighted by molar-refractivity contribution is 0.357. The average Bonchev–Trinajstić information content (AvgIpc) is 2.29. The highest BCUT2D eigenvalue weighted by atomic mass is 16.3. The molecule has 3 heteroatoms. The van der Waals surface area contributed by atoms with Crippen molar-refractivity contribution in [2.24, 2.45) is 0 Å². The molecule has 1 aliphatic heterocycles. The van der Waals surface area contributed by atoms with Crippen molar-refractivity contribution in [1.29, 1.82) is 0 Å². The van der Waals surface area contributed by atoms with Crippen molar-refractivity contribution < 1.29 is 4.42 Å². The second kappa shape index (κ2) is 2.84. The summed E-state index contributed by atoms with van der Waals surface area (Å²) in [7, 11) is 0. The van der Waals surface area contributed by atoms with Crippen LogP contribution in [0.2, 0.25) is 0 Å². The molecule has 2 heterocycles. The molecule has 1 saturated heterocycles. The number of hydrogen-bond donors (Lipinski definition) is 1. The summed E-state index contributed by atoms with van der Waals surface area (Å²) in [5, 5.41) is 3.23. The average molecular weight is 178 g/mol. The van der Waals surface area contributed by atoms with Gasteiger partial charge in [-0.1, -0.05) is 6.42 Å². The van der Waals surface area contributed by atoms with Crippen molar-refractivity contribution in [2.45, 2.75) is 31.1 Å². The molecular formula is C10H14N2O. The number of aromatic nitrogens is 1. The minimum atomic E-state index is 0.536. The van der Waals surface area contributed by atoms with E-state index in [4.69, 9.17) is 4.42 Å². The van der Waals surface area contributed by atoms with Gasteiger partial charge in [0, 0.05) is 19.0 Å². The molecule has 2 fully saturated rings. The van der Waals surface area contributed by atoms with E-state index in [2.05, 4.69) is 10.3 Å². The lowest BCUT2D eigenvalue weighted by Gasteiger charge is -2.24. The Balaban J connectivity index is 1.76. The van der Waals surface area contributed by atoms with Crippen molar-refractivity contribution in [3.05, 3.63) is 17.8 Å². The van der Waals surface area contributed by atoms with Crippen LogP contribution in [0.15, 0.2) is 10.7 Å². The molecule has 0 amide bonds. The summed E-state index contributed by atoms with van der Waals surface area (Å²) in [6.07, 6.45) is 5.82. The maximum absolute atomic E-state index is 5.47. The molecule has 1 N–H and O–H groups in total. The first-order valence-corrected chi connectivity index (χ1v) is 5.09. The van der Waals surface area contributed by atoms with Crippen LogP contribution in [0, 0.1) is 0 Å². The quantitative estimate of drug-likeness (QED) is 0.748. The zero-order chi connectivity index (χ0) is 8.67. The van der Waals surface area contributed by atoms with Gasteiger partial charge in [-0.2, -0.15) is 0 Å². The van der Waals surface area contributed by atoms with Gasteiger partial charge in [0.2, 0.25) is 0 Å². The van der Waals surface area contributed by atoms with Gasteiger partial charge in [-0.25, -0.2) is 4.98 Å². The molecule has 0 atom stereocenters. The molecule has 1 aliphatic carbocycles. The summed E-state index contributed by atoms with van der Waals surface area (Å²) >= 11 is 0. The van der Waals surface area contributed by atoms with Crippen molar-refractivity contribution >= 4 is 0 Å². The fourth-order valence-electron chi connectivity index (χ4n) is 1.84. The molecule has 0 unspecified atom stereocenters. The third kappa shape index (κ3) is 1.18. The molecule has 0 spiro atoms. The molecule has 70 valence electrons. The van der Waals surface area contributed by atoms with E-state index in [1.807, 2.05) is 6.26 Å². The van der Waals surface area contributed by atoms with Gasteiger partial charge in [0.25, 0.3) is 0 Å². The number of hydrogen-bond acceptors (Lipinski definition) is 3. The van der Waals surface area contributed by atoms with Crippen LogP contribution < -0.4 is 5.32 Å². The first-order chi connectivity index (χ1) is 6.43. The molecule has 2 aliphatic rings. The van der Waals surface area contributed by atoms with E-state index in [9.17, 15) is 0 Å². The predicted molar refractivity (Wildman–Crippen MR) is 48.7 cm³/mol. The summed E-state index contributed by atoms with van der Waals surface area (Å²) in [6, 6.07) is 0. The molecular weight excluding hydrogens is 164 g/mol. The Morgan fingerprint density at radius 1 is 1.31 bits per heavy atom. The van der Waals surface area contributed by atoms with Crippen molar-refractivity contribution in [1.82, 2.24) is 10.3 Å². The number of oxazole rings is 1. The third-order valence-corrected chi connectivity index (χ3v) is 3.19. The van der Waals surface area contributed by atoms with Crippen LogP contribution in [-0.4, -0.2) is 18.1 Å². The van der Waals surface area contributed by atoms with Gasteiger partial charge in [-0.15, -0.1) is 0 Å². The number of nitrogens with zero attached hydrogens (tertiary/aromatic N) is 1. The van der Waals surface area contributed by atoms with Crippen molar-refractivity contribution in [2.75, 3.05) is 13.1 Å². The van der Waals surface area contributed by atoms with Crippen LogP contribution >= 0.6 is 0 Å². The van der Waals surface area contributed by atoms with Crippen molar-refractivity contribution in [3.8, 4) is 0 Å². The first-order valence-electron chi connectivity index (χ1n) is 5.09. The molecule has 1 aromatic heterocycles. The molecule has 0 aromatic carbocycles. The summed E-state index contributed by atoms with van der Waals surface area (Å²) in [4.78, 5) is 4.55. The van der Waals surface area contributed by atoms with Gasteiger partial charge >= 0.3 is 0 Å². The van der Waals surface area contributed by atoms with Gasteiger partial charge in [0.1, 0.15) is 6.26 Å². The topological polar surface area (TPSA) is 38.1 Å². The van der Waals surface area contributed by atoms with E-state index in [0.29, 0.717) is 11.8 Å². The smallest absolute Gasteiger partial charge is 0.199 e. The van der Waals surface area contributed by atoms with Crippen LogP contribution in [0.1, 0.15) is 42.7 Å². The highest BCUT2D eigenvalue weighted by Crippen LogP contribution is 2.36. The number of rotatable bonds is 2. The van der Waals surface area contributed by atoms with E-state index in [1.54, 1.807) is 0 Å². The molecule has 0 radical (unpaired) electrons. The Hall–Kier alpha value is -0.830. The Bertz CT molecular complexity index is 271. The first kappa shape index (κ1) is 7.56. The zero-order valence-corrected chi connectivity index (χ0v) is 7.62. The second-order valence-electron chi connectivity index (χ2n) is 4.09. The van der Waals surface area contributed by atoms with Crippen LogP contribution in [0.5, 0.6) is 0 Å². The normalized spacial score (nSPS) is 24.0. The van der Waals surface area contributed by atoms with Gasteiger partial charge in [0.15, 0.2) is 5.89 Å². The lowest BCUT2D eigenvalue weighted by Crippen LogP contribution is -2.40. The SMILES string of the molecule is c1oc(C2CNC2)nc1C1CCC1. The maximum atomic E-state index is 5.47. The molecule has 1 aromatic rings. The predicted octanol–water partition coefficient (Wildman–Crippen LogP) is 1.63. The van der Waals surface area contributed by atoms with Gasteiger partial charge in [-0.05, 0) is 12.8 Å². The monoisotopic (exact) mass is 178 g/mol. The fraction of sp³-hybridized carbons (Fsp3) is 0.700. The Labute approximate surface area is 77.5 Å². The Kier molecular flexibility index (Phi) is 1.65. The largest absolute Gasteiger partial charge is 0.448 e. The Morgan fingerprint density at radius 3 is 2.69 bits per heavy atom. The van der Waals surface area contributed by atoms with E-state index < -0.39 is 0 Å². The molecule has 0 bridgehead atoms. The summed E-state index contributed by atoms with van der Waals surface area (Å²) in [5.41, 5.74) is 1.19. The number of nitrogens with one attached hydrogen (secondary N) is 1. The fourth-order valence-corrected chi connectivity index (χ4v) is 1.84. The van der Waals surface area contributed by atoms with E-state index in [0.717, 1.165) is 19.0 Å². The molecule has 3 nitrogen and oxygen atoms in total. The Morgan fingerprint density at radius 2 is 2.15 bits per heavy atom. The lowest BCUT2D eigenvalue weighted by atomic mass is 9.83. The second-order valence-corrected chi connectivity index (χ2v) is 4.09. The minimum Gasteiger partial charge on any atom is -0.448 e. The van der Waals surface area contributed by atoms with Crippen molar-refractivity contribution in [3.63, 3.8) is 0 Å².